The van der Waals surface area contributed by atoms with E-state index in [4.69, 9.17) is 9.47 Å². The molecule has 0 spiro atoms. The van der Waals surface area contributed by atoms with E-state index in [-0.39, 0.29) is 24.1 Å². The van der Waals surface area contributed by atoms with Gasteiger partial charge in [0, 0.05) is 25.7 Å². The number of benzene rings is 1. The summed E-state index contributed by atoms with van der Waals surface area (Å²) < 4.78 is 27.7. The number of ether oxygens (including phenoxy) is 2. The number of piperidine rings is 1. The van der Waals surface area contributed by atoms with Gasteiger partial charge in [-0.2, -0.15) is 0 Å². The largest absolute Gasteiger partial charge is 0.464 e. The third-order valence-corrected chi connectivity index (χ3v) is 8.22. The first-order valence-electron chi connectivity index (χ1n) is 15.9. The number of likely N-dealkylation sites (tertiary alicyclic amines) is 1. The number of carbonyl (C=O) groups excluding carboxylic acids is 2. The predicted octanol–water partition coefficient (Wildman–Crippen LogP) is 4.96. The normalized spacial score (nSPS) is 20.0. The van der Waals surface area contributed by atoms with Crippen LogP contribution in [0.15, 0.2) is 30.9 Å². The highest BCUT2D eigenvalue weighted by atomic mass is 19.1. The van der Waals surface area contributed by atoms with Crippen LogP contribution in [-0.4, -0.2) is 81.2 Å². The highest BCUT2D eigenvalue weighted by molar-refractivity contribution is 5.99. The van der Waals surface area contributed by atoms with E-state index < -0.39 is 17.3 Å². The summed E-state index contributed by atoms with van der Waals surface area (Å²) >= 11 is 0. The Labute approximate surface area is 263 Å². The summed E-state index contributed by atoms with van der Waals surface area (Å²) in [6.07, 6.45) is 8.37. The van der Waals surface area contributed by atoms with E-state index in [9.17, 15) is 14.0 Å². The van der Waals surface area contributed by atoms with Gasteiger partial charge in [0.1, 0.15) is 31.0 Å². The van der Waals surface area contributed by atoms with Crippen LogP contribution in [0.25, 0.3) is 11.2 Å². The van der Waals surface area contributed by atoms with Crippen molar-refractivity contribution in [3.05, 3.63) is 36.7 Å². The minimum atomic E-state index is -0.627. The second-order valence-electron chi connectivity index (χ2n) is 12.8. The monoisotopic (exact) mass is 624 g/mol. The van der Waals surface area contributed by atoms with Crippen molar-refractivity contribution >= 4 is 40.2 Å². The fourth-order valence-electron chi connectivity index (χ4n) is 5.67. The number of hydrogen-bond donors (Lipinski definition) is 3. The van der Waals surface area contributed by atoms with E-state index in [1.807, 2.05) is 32.3 Å². The lowest BCUT2D eigenvalue weighted by molar-refractivity contribution is -0.153. The summed E-state index contributed by atoms with van der Waals surface area (Å²) in [4.78, 5) is 41.2. The van der Waals surface area contributed by atoms with Gasteiger partial charge >= 0.3 is 5.97 Å². The molecule has 45 heavy (non-hydrogen) atoms. The third-order valence-electron chi connectivity index (χ3n) is 8.22. The molecule has 5 rings (SSSR count). The molecule has 13 heteroatoms. The molecule has 3 N–H and O–H groups in total. The van der Waals surface area contributed by atoms with Crippen LogP contribution < -0.4 is 16.0 Å². The highest BCUT2D eigenvalue weighted by Gasteiger charge is 2.26. The lowest BCUT2D eigenvalue weighted by atomic mass is 9.97. The van der Waals surface area contributed by atoms with Gasteiger partial charge < -0.3 is 25.4 Å². The van der Waals surface area contributed by atoms with Crippen molar-refractivity contribution in [1.29, 1.82) is 0 Å². The van der Waals surface area contributed by atoms with Gasteiger partial charge in [-0.05, 0) is 84.0 Å². The number of carbonyl (C=O) groups is 2. The summed E-state index contributed by atoms with van der Waals surface area (Å²) in [5.41, 5.74) is 1.68. The molecule has 2 fully saturated rings. The number of anilines is 3. The Morgan fingerprint density at radius 1 is 1.13 bits per heavy atom. The Balaban J connectivity index is 1.22. The minimum Gasteiger partial charge on any atom is -0.464 e. The lowest BCUT2D eigenvalue weighted by Gasteiger charge is -2.34. The van der Waals surface area contributed by atoms with Gasteiger partial charge in [-0.25, -0.2) is 19.3 Å². The first kappa shape index (κ1) is 32.6. The number of halogens is 1. The van der Waals surface area contributed by atoms with E-state index in [2.05, 4.69) is 35.8 Å². The SMILES string of the molecule is CC[C@@H](Nc1ncnc2c1ncn2[C@@H]1CCCCO1)C(=O)Nc1ccc(F)cc1NC1CCCN(CCOC(=O)C(C)(C)C)C1. The van der Waals surface area contributed by atoms with E-state index in [0.717, 1.165) is 38.6 Å². The molecule has 12 nitrogen and oxygen atoms in total. The minimum absolute atomic E-state index is 0.0344. The van der Waals surface area contributed by atoms with Crippen LogP contribution in [0.5, 0.6) is 0 Å². The topological polar surface area (TPSA) is 136 Å². The third kappa shape index (κ3) is 8.26. The molecule has 2 aliphatic rings. The number of rotatable bonds is 11. The number of imidazole rings is 1. The van der Waals surface area contributed by atoms with E-state index >= 15 is 0 Å². The van der Waals surface area contributed by atoms with E-state index in [0.29, 0.717) is 61.1 Å². The number of esters is 1. The second-order valence-corrected chi connectivity index (χ2v) is 12.8. The maximum Gasteiger partial charge on any atom is 0.311 e. The quantitative estimate of drug-likeness (QED) is 0.251. The molecule has 0 saturated carbocycles. The van der Waals surface area contributed by atoms with Gasteiger partial charge in [0.25, 0.3) is 0 Å². The van der Waals surface area contributed by atoms with Gasteiger partial charge in [-0.15, -0.1) is 0 Å². The van der Waals surface area contributed by atoms with Gasteiger partial charge in [0.15, 0.2) is 17.0 Å². The first-order chi connectivity index (χ1) is 21.6. The van der Waals surface area contributed by atoms with Crippen molar-refractivity contribution in [3.63, 3.8) is 0 Å². The van der Waals surface area contributed by atoms with Crippen molar-refractivity contribution < 1.29 is 23.5 Å². The van der Waals surface area contributed by atoms with Crippen LogP contribution >= 0.6 is 0 Å². The van der Waals surface area contributed by atoms with Crippen molar-refractivity contribution in [2.75, 3.05) is 48.8 Å². The predicted molar refractivity (Wildman–Crippen MR) is 170 cm³/mol. The van der Waals surface area contributed by atoms with Gasteiger partial charge in [0.05, 0.1) is 23.1 Å². The van der Waals surface area contributed by atoms with Crippen molar-refractivity contribution in [2.24, 2.45) is 5.41 Å². The summed E-state index contributed by atoms with van der Waals surface area (Å²) in [5, 5.41) is 9.67. The average molecular weight is 625 g/mol. The number of amides is 1. The number of aromatic nitrogens is 4. The van der Waals surface area contributed by atoms with E-state index in [1.54, 1.807) is 12.4 Å². The molecule has 2 aliphatic heterocycles. The van der Waals surface area contributed by atoms with Crippen molar-refractivity contribution in [2.45, 2.75) is 84.5 Å². The van der Waals surface area contributed by atoms with Crippen LogP contribution in [0.2, 0.25) is 0 Å². The van der Waals surface area contributed by atoms with Crippen LogP contribution in [0.1, 0.15) is 72.4 Å². The Morgan fingerprint density at radius 3 is 2.73 bits per heavy atom. The number of fused-ring (bicyclic) bond motifs is 1. The fourth-order valence-corrected chi connectivity index (χ4v) is 5.67. The Hall–Kier alpha value is -3.84. The Bertz CT molecular complexity index is 1470. The van der Waals surface area contributed by atoms with Crippen molar-refractivity contribution in [1.82, 2.24) is 24.4 Å². The molecular weight excluding hydrogens is 579 g/mol. The molecule has 2 saturated heterocycles. The molecule has 244 valence electrons. The van der Waals surface area contributed by atoms with Crippen LogP contribution in [0, 0.1) is 11.2 Å². The molecule has 3 aromatic rings. The summed E-state index contributed by atoms with van der Waals surface area (Å²) in [7, 11) is 0. The summed E-state index contributed by atoms with van der Waals surface area (Å²) in [6.45, 7) is 10.7. The molecule has 0 radical (unpaired) electrons. The Kier molecular flexibility index (Phi) is 10.5. The second kappa shape index (κ2) is 14.5. The molecule has 3 atom stereocenters. The molecule has 1 unspecified atom stereocenters. The molecular formula is C32H45FN8O4. The Morgan fingerprint density at radius 2 is 1.98 bits per heavy atom. The standard InChI is InChI=1S/C32H45FN8O4/c1-5-23(38-28-27-29(35-19-34-28)41(20-36-27)26-10-6-7-15-44-26)30(42)39-24-12-11-21(33)17-25(24)37-22-9-8-13-40(18-22)14-16-45-31(43)32(2,3)4/h11-12,17,19-20,22-23,26,37H,5-10,13-16,18H2,1-4H3,(H,39,42)(H,34,35,38)/t22?,23-,26+/m1/s1. The summed E-state index contributed by atoms with van der Waals surface area (Å²) in [5.74, 6) is -0.435. The zero-order valence-electron chi connectivity index (χ0n) is 26.6. The highest BCUT2D eigenvalue weighted by Crippen LogP contribution is 2.29. The van der Waals surface area contributed by atoms with Crippen LogP contribution in [0.3, 0.4) is 0 Å². The maximum atomic E-state index is 14.4. The lowest BCUT2D eigenvalue weighted by Crippen LogP contribution is -2.44. The number of nitrogens with zero attached hydrogens (tertiary/aromatic N) is 5. The van der Waals surface area contributed by atoms with Gasteiger partial charge in [-0.3, -0.25) is 19.1 Å². The zero-order chi connectivity index (χ0) is 32.0. The maximum absolute atomic E-state index is 14.4. The first-order valence-corrected chi connectivity index (χ1v) is 15.9. The molecule has 4 heterocycles. The molecule has 1 aromatic carbocycles. The molecule has 2 aromatic heterocycles. The summed E-state index contributed by atoms with van der Waals surface area (Å²) in [6, 6.07) is 3.72. The molecule has 0 bridgehead atoms. The fraction of sp³-hybridized carbons (Fsp3) is 0.594. The van der Waals surface area contributed by atoms with Gasteiger partial charge in [0.2, 0.25) is 5.91 Å². The van der Waals surface area contributed by atoms with Crippen LogP contribution in [-0.2, 0) is 19.1 Å². The number of nitrogens with one attached hydrogen (secondary N) is 3. The average Bonchev–Trinajstić information content (AvgIpc) is 3.46. The van der Waals surface area contributed by atoms with Gasteiger partial charge in [-0.1, -0.05) is 6.92 Å². The molecule has 0 aliphatic carbocycles. The smallest absolute Gasteiger partial charge is 0.311 e. The molecule has 1 amide bonds. The zero-order valence-corrected chi connectivity index (χ0v) is 26.6. The van der Waals surface area contributed by atoms with Crippen molar-refractivity contribution in [3.8, 4) is 0 Å². The van der Waals surface area contributed by atoms with E-state index in [1.165, 1.54) is 18.5 Å². The van der Waals surface area contributed by atoms with Crippen LogP contribution in [0.4, 0.5) is 21.6 Å². The number of hydrogen-bond acceptors (Lipinski definition) is 10.